The van der Waals surface area contributed by atoms with Gasteiger partial charge in [-0.25, -0.2) is 0 Å². The summed E-state index contributed by atoms with van der Waals surface area (Å²) in [5.41, 5.74) is 1.22. The van der Waals surface area contributed by atoms with Gasteiger partial charge in [-0.3, -0.25) is 4.79 Å². The standard InChI is InChI=1S/C18H20N4O4S/c1-3-13-16(11(2)25-20-13)18(23)22-6-7-24-14(10-22)17-19-15(21-26-17)9-12-5-4-8-27-12/h4-5,8,14H,3,6-7,9-10H2,1-2H3. The summed E-state index contributed by atoms with van der Waals surface area (Å²) in [4.78, 5) is 20.3. The van der Waals surface area contributed by atoms with Crippen molar-refractivity contribution in [1.29, 1.82) is 0 Å². The average Bonchev–Trinajstić information content (AvgIpc) is 3.43. The second-order valence-corrected chi connectivity index (χ2v) is 7.36. The Bertz CT molecular complexity index is 918. The van der Waals surface area contributed by atoms with E-state index in [2.05, 4.69) is 15.3 Å². The molecule has 0 spiro atoms. The van der Waals surface area contributed by atoms with Gasteiger partial charge in [0, 0.05) is 17.8 Å². The number of hydrogen-bond acceptors (Lipinski definition) is 8. The lowest BCUT2D eigenvalue weighted by Gasteiger charge is -2.31. The molecule has 0 bridgehead atoms. The predicted molar refractivity (Wildman–Crippen MR) is 96.6 cm³/mol. The second-order valence-electron chi connectivity index (χ2n) is 6.33. The van der Waals surface area contributed by atoms with Gasteiger partial charge in [-0.05, 0) is 24.8 Å². The third kappa shape index (κ3) is 3.65. The fraction of sp³-hybridized carbons (Fsp3) is 0.444. The molecule has 1 atom stereocenters. The van der Waals surface area contributed by atoms with Crippen molar-refractivity contribution in [1.82, 2.24) is 20.2 Å². The summed E-state index contributed by atoms with van der Waals surface area (Å²) in [5, 5.41) is 10.0. The fourth-order valence-electron chi connectivity index (χ4n) is 3.11. The molecule has 142 valence electrons. The van der Waals surface area contributed by atoms with Gasteiger partial charge < -0.3 is 18.7 Å². The topological polar surface area (TPSA) is 94.5 Å². The number of morpholine rings is 1. The smallest absolute Gasteiger partial charge is 0.259 e. The van der Waals surface area contributed by atoms with Gasteiger partial charge in [0.25, 0.3) is 11.8 Å². The SMILES string of the molecule is CCc1noc(C)c1C(=O)N1CCOC(c2nc(Cc3cccs3)no2)C1. The van der Waals surface area contributed by atoms with Crippen molar-refractivity contribution in [3.63, 3.8) is 0 Å². The molecular weight excluding hydrogens is 368 g/mol. The van der Waals surface area contributed by atoms with E-state index in [4.69, 9.17) is 13.8 Å². The molecule has 0 aliphatic carbocycles. The van der Waals surface area contributed by atoms with Gasteiger partial charge >= 0.3 is 0 Å². The summed E-state index contributed by atoms with van der Waals surface area (Å²) in [6, 6.07) is 4.02. The minimum absolute atomic E-state index is 0.0998. The number of hydrogen-bond donors (Lipinski definition) is 0. The lowest BCUT2D eigenvalue weighted by molar-refractivity contribution is -0.0368. The van der Waals surface area contributed by atoms with E-state index in [0.29, 0.717) is 61.3 Å². The Morgan fingerprint density at radius 3 is 3.04 bits per heavy atom. The van der Waals surface area contributed by atoms with Gasteiger partial charge in [0.15, 0.2) is 11.9 Å². The van der Waals surface area contributed by atoms with Gasteiger partial charge in [-0.2, -0.15) is 4.98 Å². The van der Waals surface area contributed by atoms with E-state index < -0.39 is 6.10 Å². The van der Waals surface area contributed by atoms with Crippen LogP contribution in [0.4, 0.5) is 0 Å². The molecule has 0 N–H and O–H groups in total. The molecule has 27 heavy (non-hydrogen) atoms. The molecule has 0 radical (unpaired) electrons. The lowest BCUT2D eigenvalue weighted by atomic mass is 10.1. The molecule has 0 saturated carbocycles. The molecule has 4 rings (SSSR count). The van der Waals surface area contributed by atoms with Gasteiger partial charge in [-0.15, -0.1) is 11.3 Å². The molecule has 0 aromatic carbocycles. The van der Waals surface area contributed by atoms with E-state index in [-0.39, 0.29) is 5.91 Å². The molecule has 1 unspecified atom stereocenters. The highest BCUT2D eigenvalue weighted by Crippen LogP contribution is 2.25. The van der Waals surface area contributed by atoms with Gasteiger partial charge in [0.05, 0.1) is 18.8 Å². The van der Waals surface area contributed by atoms with Crippen molar-refractivity contribution in [2.45, 2.75) is 32.8 Å². The number of aromatic nitrogens is 3. The third-order valence-electron chi connectivity index (χ3n) is 4.51. The van der Waals surface area contributed by atoms with E-state index in [1.807, 2.05) is 24.4 Å². The Morgan fingerprint density at radius 1 is 1.37 bits per heavy atom. The molecular formula is C18H20N4O4S. The van der Waals surface area contributed by atoms with Crippen LogP contribution in [0.15, 0.2) is 26.6 Å². The maximum absolute atomic E-state index is 13.0. The van der Waals surface area contributed by atoms with E-state index in [1.54, 1.807) is 23.2 Å². The van der Waals surface area contributed by atoms with Crippen molar-refractivity contribution < 1.29 is 18.6 Å². The summed E-state index contributed by atoms with van der Waals surface area (Å²) in [6.45, 7) is 4.97. The van der Waals surface area contributed by atoms with E-state index in [0.717, 1.165) is 0 Å². The van der Waals surface area contributed by atoms with E-state index >= 15 is 0 Å². The number of carbonyl (C=O) groups excluding carboxylic acids is 1. The Morgan fingerprint density at radius 2 is 2.26 bits per heavy atom. The number of ether oxygens (including phenoxy) is 1. The Labute approximate surface area is 160 Å². The van der Waals surface area contributed by atoms with Crippen LogP contribution in [-0.4, -0.2) is 45.8 Å². The lowest BCUT2D eigenvalue weighted by Crippen LogP contribution is -2.42. The summed E-state index contributed by atoms with van der Waals surface area (Å²) >= 11 is 1.65. The molecule has 8 nitrogen and oxygen atoms in total. The number of thiophene rings is 1. The number of nitrogens with zero attached hydrogens (tertiary/aromatic N) is 4. The second kappa shape index (κ2) is 7.61. The first-order valence-electron chi connectivity index (χ1n) is 8.86. The molecule has 1 aliphatic rings. The summed E-state index contributed by atoms with van der Waals surface area (Å²) in [7, 11) is 0. The van der Waals surface area contributed by atoms with Crippen LogP contribution in [0.3, 0.4) is 0 Å². The summed E-state index contributed by atoms with van der Waals surface area (Å²) in [5.74, 6) is 1.45. The molecule has 4 heterocycles. The van der Waals surface area contributed by atoms with Crippen molar-refractivity contribution in [2.24, 2.45) is 0 Å². The molecule has 1 fully saturated rings. The van der Waals surface area contributed by atoms with Crippen LogP contribution >= 0.6 is 11.3 Å². The van der Waals surface area contributed by atoms with Gasteiger partial charge in [-0.1, -0.05) is 23.3 Å². The zero-order chi connectivity index (χ0) is 18.8. The zero-order valence-corrected chi connectivity index (χ0v) is 16.0. The molecule has 3 aromatic rings. The molecule has 3 aromatic heterocycles. The average molecular weight is 388 g/mol. The van der Waals surface area contributed by atoms with Crippen LogP contribution in [0.25, 0.3) is 0 Å². The van der Waals surface area contributed by atoms with Crippen molar-refractivity contribution in [3.05, 3.63) is 51.1 Å². The van der Waals surface area contributed by atoms with Crippen LogP contribution in [-0.2, 0) is 17.6 Å². The maximum Gasteiger partial charge on any atom is 0.259 e. The zero-order valence-electron chi connectivity index (χ0n) is 15.2. The molecule has 1 saturated heterocycles. The predicted octanol–water partition coefficient (Wildman–Crippen LogP) is 2.79. The molecule has 1 aliphatic heterocycles. The summed E-state index contributed by atoms with van der Waals surface area (Å²) in [6.07, 6.45) is 0.829. The Hall–Kier alpha value is -2.52. The van der Waals surface area contributed by atoms with Gasteiger partial charge in [0.2, 0.25) is 0 Å². The van der Waals surface area contributed by atoms with Crippen LogP contribution in [0.5, 0.6) is 0 Å². The highest BCUT2D eigenvalue weighted by atomic mass is 32.1. The van der Waals surface area contributed by atoms with Crippen LogP contribution in [0.1, 0.15) is 51.4 Å². The first-order chi connectivity index (χ1) is 13.2. The molecule has 9 heteroatoms. The van der Waals surface area contributed by atoms with Crippen LogP contribution in [0.2, 0.25) is 0 Å². The number of rotatable bonds is 5. The van der Waals surface area contributed by atoms with E-state index in [1.165, 1.54) is 4.88 Å². The van der Waals surface area contributed by atoms with E-state index in [9.17, 15) is 4.79 Å². The Kier molecular flexibility index (Phi) is 5.04. The number of carbonyl (C=O) groups is 1. The third-order valence-corrected chi connectivity index (χ3v) is 5.38. The minimum atomic E-state index is -0.433. The van der Waals surface area contributed by atoms with Gasteiger partial charge in [0.1, 0.15) is 11.3 Å². The fourth-order valence-corrected chi connectivity index (χ4v) is 3.82. The number of amides is 1. The quantitative estimate of drug-likeness (QED) is 0.663. The number of aryl methyl sites for hydroxylation is 2. The largest absolute Gasteiger partial charge is 0.365 e. The first-order valence-corrected chi connectivity index (χ1v) is 9.74. The first kappa shape index (κ1) is 17.9. The normalized spacial score (nSPS) is 17.4. The van der Waals surface area contributed by atoms with Crippen LogP contribution in [0, 0.1) is 6.92 Å². The van der Waals surface area contributed by atoms with Crippen molar-refractivity contribution >= 4 is 17.2 Å². The highest BCUT2D eigenvalue weighted by Gasteiger charge is 2.32. The highest BCUT2D eigenvalue weighted by molar-refractivity contribution is 7.09. The molecule has 1 amide bonds. The summed E-state index contributed by atoms with van der Waals surface area (Å²) < 4.78 is 16.4. The monoisotopic (exact) mass is 388 g/mol. The van der Waals surface area contributed by atoms with Crippen molar-refractivity contribution in [3.8, 4) is 0 Å². The maximum atomic E-state index is 13.0. The minimum Gasteiger partial charge on any atom is -0.365 e. The van der Waals surface area contributed by atoms with Crippen molar-refractivity contribution in [2.75, 3.05) is 19.7 Å². The Balaban J connectivity index is 1.47. The van der Waals surface area contributed by atoms with Crippen LogP contribution < -0.4 is 0 Å².